The van der Waals surface area contributed by atoms with Crippen LogP contribution in [0.1, 0.15) is 43.2 Å². The molecule has 2 aromatic rings. The van der Waals surface area contributed by atoms with E-state index in [2.05, 4.69) is 0 Å². The fraction of sp³-hybridized carbons (Fsp3) is 0.464. The highest BCUT2D eigenvalue weighted by Gasteiger charge is 2.52. The van der Waals surface area contributed by atoms with Gasteiger partial charge in [-0.15, -0.1) is 0 Å². The van der Waals surface area contributed by atoms with Gasteiger partial charge in [0, 0.05) is 19.5 Å². The summed E-state index contributed by atoms with van der Waals surface area (Å²) in [6.07, 6.45) is 5.19. The molecule has 1 aliphatic carbocycles. The maximum absolute atomic E-state index is 13.8. The molecule has 2 heterocycles. The second-order valence-corrected chi connectivity index (χ2v) is 10.0. The van der Waals surface area contributed by atoms with E-state index in [1.54, 1.807) is 29.2 Å². The van der Waals surface area contributed by atoms with E-state index in [1.165, 1.54) is 11.3 Å². The second kappa shape index (κ2) is 10.1. The molecule has 3 fully saturated rings. The molecule has 7 nitrogen and oxygen atoms in total. The molecule has 3 unspecified atom stereocenters. The highest BCUT2D eigenvalue weighted by atomic mass is 16.6. The predicted molar refractivity (Wildman–Crippen MR) is 129 cm³/mol. The lowest BCUT2D eigenvalue weighted by Gasteiger charge is -2.48. The Bertz CT molecular complexity index is 1060. The molecule has 5 rings (SSSR count). The lowest BCUT2D eigenvalue weighted by atomic mass is 9.87. The van der Waals surface area contributed by atoms with Crippen molar-refractivity contribution in [3.63, 3.8) is 0 Å². The number of benzene rings is 2. The Morgan fingerprint density at radius 2 is 1.51 bits per heavy atom. The molecule has 7 heteroatoms. The fourth-order valence-electron chi connectivity index (χ4n) is 5.65. The van der Waals surface area contributed by atoms with Gasteiger partial charge in [-0.1, -0.05) is 61.7 Å². The molecule has 2 aromatic carbocycles. The summed E-state index contributed by atoms with van der Waals surface area (Å²) in [6, 6.07) is 15.7. The molecule has 1 N–H and O–H groups in total. The van der Waals surface area contributed by atoms with Crippen LogP contribution < -0.4 is 0 Å². The van der Waals surface area contributed by atoms with Gasteiger partial charge >= 0.3 is 5.97 Å². The van der Waals surface area contributed by atoms with E-state index < -0.39 is 24.2 Å². The van der Waals surface area contributed by atoms with Crippen LogP contribution in [-0.2, 0) is 32.0 Å². The molecule has 3 aliphatic rings. The van der Waals surface area contributed by atoms with E-state index in [0.29, 0.717) is 25.3 Å². The highest BCUT2D eigenvalue weighted by molar-refractivity contribution is 5.98. The van der Waals surface area contributed by atoms with Gasteiger partial charge in [-0.3, -0.25) is 19.3 Å². The summed E-state index contributed by atoms with van der Waals surface area (Å²) in [5, 5.41) is 9.67. The average Bonchev–Trinajstić information content (AvgIpc) is 2.88. The van der Waals surface area contributed by atoms with Crippen LogP contribution in [-0.4, -0.2) is 58.0 Å². The molecule has 2 aliphatic heterocycles. The number of aromatic hydroxyl groups is 1. The maximum atomic E-state index is 13.8. The SMILES string of the molecule is O=C1OC2C(=O)N(CC3CCCCC3)C(Cc3ccc(O)cc3)C(=O)N2CC1Cc1ccccc1. The first-order valence-electron chi connectivity index (χ1n) is 12.6. The first-order valence-corrected chi connectivity index (χ1v) is 12.6. The third kappa shape index (κ3) is 5.04. The fourth-order valence-corrected chi connectivity index (χ4v) is 5.65. The molecule has 2 amide bonds. The Balaban J connectivity index is 1.40. The summed E-state index contributed by atoms with van der Waals surface area (Å²) in [6.45, 7) is 0.676. The van der Waals surface area contributed by atoms with Crippen LogP contribution in [0.2, 0.25) is 0 Å². The number of phenols is 1. The largest absolute Gasteiger partial charge is 0.508 e. The third-order valence-electron chi connectivity index (χ3n) is 7.57. The molecule has 2 saturated heterocycles. The number of piperazine rings is 1. The van der Waals surface area contributed by atoms with E-state index >= 15 is 0 Å². The number of rotatable bonds is 6. The van der Waals surface area contributed by atoms with Crippen LogP contribution in [0.5, 0.6) is 5.75 Å². The summed E-state index contributed by atoms with van der Waals surface area (Å²) in [4.78, 5) is 43.5. The number of esters is 1. The van der Waals surface area contributed by atoms with E-state index in [1.807, 2.05) is 30.3 Å². The van der Waals surface area contributed by atoms with E-state index in [4.69, 9.17) is 4.74 Å². The van der Waals surface area contributed by atoms with Gasteiger partial charge in [0.1, 0.15) is 11.8 Å². The summed E-state index contributed by atoms with van der Waals surface area (Å²) in [5.41, 5.74) is 1.86. The quantitative estimate of drug-likeness (QED) is 0.647. The molecule has 0 spiro atoms. The van der Waals surface area contributed by atoms with Crippen molar-refractivity contribution in [1.82, 2.24) is 9.80 Å². The zero-order valence-corrected chi connectivity index (χ0v) is 19.8. The zero-order valence-electron chi connectivity index (χ0n) is 19.8. The number of carbonyl (C=O) groups excluding carboxylic acids is 3. The summed E-state index contributed by atoms with van der Waals surface area (Å²) in [5.74, 6) is -0.907. The number of phenolic OH excluding ortho intramolecular Hbond substituents is 1. The highest BCUT2D eigenvalue weighted by Crippen LogP contribution is 2.32. The van der Waals surface area contributed by atoms with E-state index in [9.17, 15) is 19.5 Å². The number of hydrogen-bond acceptors (Lipinski definition) is 5. The number of hydrogen-bond donors (Lipinski definition) is 1. The molecular weight excluding hydrogens is 444 g/mol. The number of ether oxygens (including phenoxy) is 1. The average molecular weight is 477 g/mol. The lowest BCUT2D eigenvalue weighted by Crippen LogP contribution is -2.69. The minimum Gasteiger partial charge on any atom is -0.508 e. The van der Waals surface area contributed by atoms with Crippen molar-refractivity contribution < 1.29 is 24.2 Å². The molecule has 0 aromatic heterocycles. The Morgan fingerprint density at radius 3 is 2.23 bits per heavy atom. The molecule has 0 radical (unpaired) electrons. The van der Waals surface area contributed by atoms with Gasteiger partial charge < -0.3 is 14.7 Å². The van der Waals surface area contributed by atoms with Crippen LogP contribution in [0.15, 0.2) is 54.6 Å². The summed E-state index contributed by atoms with van der Waals surface area (Å²) in [7, 11) is 0. The predicted octanol–water partition coefficient (Wildman–Crippen LogP) is 3.30. The molecule has 3 atom stereocenters. The first kappa shape index (κ1) is 23.4. The topological polar surface area (TPSA) is 87.1 Å². The monoisotopic (exact) mass is 476 g/mol. The van der Waals surface area contributed by atoms with E-state index in [0.717, 1.165) is 36.8 Å². The molecule has 184 valence electrons. The van der Waals surface area contributed by atoms with Gasteiger partial charge in [-0.25, -0.2) is 0 Å². The van der Waals surface area contributed by atoms with Crippen molar-refractivity contribution in [2.24, 2.45) is 11.8 Å². The Labute approximate surface area is 205 Å². The zero-order chi connectivity index (χ0) is 24.4. The number of nitrogens with zero attached hydrogens (tertiary/aromatic N) is 2. The van der Waals surface area contributed by atoms with Gasteiger partial charge in [-0.05, 0) is 48.4 Å². The van der Waals surface area contributed by atoms with Gasteiger partial charge in [0.2, 0.25) is 5.91 Å². The Kier molecular flexibility index (Phi) is 6.75. The molecule has 1 saturated carbocycles. The van der Waals surface area contributed by atoms with Gasteiger partial charge in [0.15, 0.2) is 0 Å². The van der Waals surface area contributed by atoms with Crippen LogP contribution in [0.25, 0.3) is 0 Å². The van der Waals surface area contributed by atoms with Crippen molar-refractivity contribution >= 4 is 17.8 Å². The minimum absolute atomic E-state index is 0.158. The second-order valence-electron chi connectivity index (χ2n) is 10.0. The van der Waals surface area contributed by atoms with Gasteiger partial charge in [0.05, 0.1) is 5.92 Å². The Morgan fingerprint density at radius 1 is 0.829 bits per heavy atom. The van der Waals surface area contributed by atoms with Gasteiger partial charge in [0.25, 0.3) is 12.1 Å². The number of carbonyl (C=O) groups is 3. The standard InChI is InChI=1S/C28H32N2O5/c31-23-13-11-20(12-14-23)16-24-25(32)30-18-22(15-19-7-3-1-4-8-19)28(34)35-27(30)26(33)29(24)17-21-9-5-2-6-10-21/h1,3-4,7-8,11-14,21-22,24,27,31H,2,5-6,9-10,15-18H2. The smallest absolute Gasteiger partial charge is 0.313 e. The molecule has 0 bridgehead atoms. The summed E-state index contributed by atoms with van der Waals surface area (Å²) < 4.78 is 5.63. The van der Waals surface area contributed by atoms with Gasteiger partial charge in [-0.2, -0.15) is 0 Å². The third-order valence-corrected chi connectivity index (χ3v) is 7.57. The number of amides is 2. The minimum atomic E-state index is -1.18. The maximum Gasteiger partial charge on any atom is 0.313 e. The van der Waals surface area contributed by atoms with Crippen LogP contribution >= 0.6 is 0 Å². The van der Waals surface area contributed by atoms with Crippen LogP contribution in [0, 0.1) is 11.8 Å². The van der Waals surface area contributed by atoms with Crippen molar-refractivity contribution in [3.05, 3.63) is 65.7 Å². The van der Waals surface area contributed by atoms with E-state index in [-0.39, 0.29) is 24.1 Å². The lowest BCUT2D eigenvalue weighted by molar-refractivity contribution is -0.202. The van der Waals surface area contributed by atoms with Crippen molar-refractivity contribution in [2.75, 3.05) is 13.1 Å². The van der Waals surface area contributed by atoms with Crippen LogP contribution in [0.3, 0.4) is 0 Å². The van der Waals surface area contributed by atoms with Crippen molar-refractivity contribution in [2.45, 2.75) is 57.2 Å². The Hall–Kier alpha value is -3.35. The first-order chi connectivity index (χ1) is 17.0. The molecule has 35 heavy (non-hydrogen) atoms. The number of fused-ring (bicyclic) bond motifs is 1. The van der Waals surface area contributed by atoms with Crippen molar-refractivity contribution in [1.29, 1.82) is 0 Å². The van der Waals surface area contributed by atoms with Crippen molar-refractivity contribution in [3.8, 4) is 5.75 Å². The van der Waals surface area contributed by atoms with Crippen LogP contribution in [0.4, 0.5) is 0 Å². The summed E-state index contributed by atoms with van der Waals surface area (Å²) >= 11 is 0. The molecular formula is C28H32N2O5. The normalized spacial score (nSPS) is 25.4.